The van der Waals surface area contributed by atoms with Gasteiger partial charge in [-0.15, -0.1) is 0 Å². The van der Waals surface area contributed by atoms with Crippen molar-refractivity contribution in [3.05, 3.63) is 76.6 Å². The first-order valence-corrected chi connectivity index (χ1v) is 9.80. The van der Waals surface area contributed by atoms with Gasteiger partial charge in [-0.1, -0.05) is 35.5 Å². The Hall–Kier alpha value is -4.05. The lowest BCUT2D eigenvalue weighted by Gasteiger charge is -2.14. The molecule has 3 rings (SSSR count). The molecule has 1 amide bonds. The fourth-order valence-electron chi connectivity index (χ4n) is 2.85. The van der Waals surface area contributed by atoms with Gasteiger partial charge < -0.3 is 19.3 Å². The number of carbonyl (C=O) groups excluding carboxylic acids is 1. The van der Waals surface area contributed by atoms with Gasteiger partial charge in [0.25, 0.3) is 5.91 Å². The minimum Gasteiger partial charge on any atom is -0.490 e. The van der Waals surface area contributed by atoms with E-state index in [0.29, 0.717) is 36.0 Å². The molecule has 0 saturated heterocycles. The van der Waals surface area contributed by atoms with Gasteiger partial charge in [-0.3, -0.25) is 4.79 Å². The number of nitrogens with one attached hydrogen (secondary N) is 1. The van der Waals surface area contributed by atoms with Crippen molar-refractivity contribution in [2.75, 3.05) is 11.9 Å². The van der Waals surface area contributed by atoms with Crippen molar-refractivity contribution in [2.45, 2.75) is 27.4 Å². The summed E-state index contributed by atoms with van der Waals surface area (Å²) in [6.07, 6.45) is 1.48. The molecule has 2 aromatic carbocycles. The highest BCUT2D eigenvalue weighted by Gasteiger charge is 2.13. The molecule has 0 aliphatic rings. The molecule has 0 fully saturated rings. The van der Waals surface area contributed by atoms with Crippen LogP contribution in [0, 0.1) is 25.2 Å². The molecular formula is C24H23N3O4. The van der Waals surface area contributed by atoms with Crippen LogP contribution in [0.4, 0.5) is 5.82 Å². The summed E-state index contributed by atoms with van der Waals surface area (Å²) in [5, 5.41) is 15.7. The van der Waals surface area contributed by atoms with Crippen LogP contribution in [0.1, 0.15) is 29.4 Å². The normalized spacial score (nSPS) is 11.0. The maximum Gasteiger partial charge on any atom is 0.267 e. The Morgan fingerprint density at radius 1 is 1.16 bits per heavy atom. The lowest BCUT2D eigenvalue weighted by Crippen LogP contribution is -2.13. The Bertz CT molecular complexity index is 1140. The minimum atomic E-state index is -0.575. The van der Waals surface area contributed by atoms with E-state index in [4.69, 9.17) is 14.0 Å². The molecule has 1 heterocycles. The van der Waals surface area contributed by atoms with Gasteiger partial charge in [-0.25, -0.2) is 0 Å². The van der Waals surface area contributed by atoms with Crippen molar-refractivity contribution >= 4 is 17.8 Å². The van der Waals surface area contributed by atoms with Gasteiger partial charge in [0.1, 0.15) is 24.0 Å². The zero-order chi connectivity index (χ0) is 22.2. The van der Waals surface area contributed by atoms with E-state index in [1.165, 1.54) is 6.08 Å². The third-order valence-electron chi connectivity index (χ3n) is 4.46. The summed E-state index contributed by atoms with van der Waals surface area (Å²) in [6.45, 7) is 6.48. The molecule has 0 saturated carbocycles. The molecular weight excluding hydrogens is 394 g/mol. The number of amides is 1. The van der Waals surface area contributed by atoms with Crippen molar-refractivity contribution in [1.29, 1.82) is 5.26 Å². The fraction of sp³-hybridized carbons (Fsp3) is 0.208. The zero-order valence-corrected chi connectivity index (χ0v) is 17.6. The van der Waals surface area contributed by atoms with Crippen LogP contribution in [0.2, 0.25) is 0 Å². The predicted molar refractivity (Wildman–Crippen MR) is 117 cm³/mol. The molecule has 7 heteroatoms. The standard InChI is InChI=1S/C24H23N3O4/c1-4-29-22-13-18(9-10-21(22)30-15-19-8-6-5-7-16(19)2)12-20(14-25)24(28)26-23-11-17(3)31-27-23/h5-13H,4,15H2,1-3H3,(H,26,27,28)/b20-12-. The second-order valence-corrected chi connectivity index (χ2v) is 6.80. The molecule has 158 valence electrons. The van der Waals surface area contributed by atoms with E-state index in [-0.39, 0.29) is 11.4 Å². The molecule has 0 atom stereocenters. The van der Waals surface area contributed by atoms with E-state index in [9.17, 15) is 10.1 Å². The molecule has 1 N–H and O–H groups in total. The number of nitriles is 1. The monoisotopic (exact) mass is 417 g/mol. The molecule has 3 aromatic rings. The lowest BCUT2D eigenvalue weighted by molar-refractivity contribution is -0.112. The Morgan fingerprint density at radius 3 is 2.65 bits per heavy atom. The van der Waals surface area contributed by atoms with Gasteiger partial charge in [0.15, 0.2) is 17.3 Å². The van der Waals surface area contributed by atoms with Crippen molar-refractivity contribution < 1.29 is 18.8 Å². The van der Waals surface area contributed by atoms with E-state index in [2.05, 4.69) is 10.5 Å². The second kappa shape index (κ2) is 10.1. The molecule has 31 heavy (non-hydrogen) atoms. The number of ether oxygens (including phenoxy) is 2. The smallest absolute Gasteiger partial charge is 0.267 e. The van der Waals surface area contributed by atoms with Gasteiger partial charge >= 0.3 is 0 Å². The predicted octanol–water partition coefficient (Wildman–Crippen LogP) is 4.81. The van der Waals surface area contributed by atoms with Gasteiger partial charge in [0, 0.05) is 6.07 Å². The Balaban J connectivity index is 1.79. The number of anilines is 1. The van der Waals surface area contributed by atoms with E-state index < -0.39 is 5.91 Å². The summed E-state index contributed by atoms with van der Waals surface area (Å²) in [5.74, 6) is 1.35. The number of carbonyl (C=O) groups is 1. The number of nitrogens with zero attached hydrogens (tertiary/aromatic N) is 2. The number of hydrogen-bond donors (Lipinski definition) is 1. The van der Waals surface area contributed by atoms with Crippen LogP contribution in [0.25, 0.3) is 6.08 Å². The summed E-state index contributed by atoms with van der Waals surface area (Å²) in [6, 6.07) is 16.8. The second-order valence-electron chi connectivity index (χ2n) is 6.80. The van der Waals surface area contributed by atoms with E-state index >= 15 is 0 Å². The van der Waals surface area contributed by atoms with Crippen LogP contribution in [0.5, 0.6) is 11.5 Å². The van der Waals surface area contributed by atoms with Crippen molar-refractivity contribution in [1.82, 2.24) is 5.16 Å². The summed E-state index contributed by atoms with van der Waals surface area (Å²) in [4.78, 5) is 12.4. The first-order valence-electron chi connectivity index (χ1n) is 9.80. The molecule has 1 aromatic heterocycles. The third kappa shape index (κ3) is 5.73. The molecule has 0 radical (unpaired) electrons. The average molecular weight is 417 g/mol. The molecule has 0 aliphatic carbocycles. The van der Waals surface area contributed by atoms with Gasteiger partial charge in [-0.2, -0.15) is 5.26 Å². The third-order valence-corrected chi connectivity index (χ3v) is 4.46. The molecule has 0 aliphatic heterocycles. The summed E-state index contributed by atoms with van der Waals surface area (Å²) >= 11 is 0. The van der Waals surface area contributed by atoms with Gasteiger partial charge in [0.05, 0.1) is 6.61 Å². The van der Waals surface area contributed by atoms with Crippen LogP contribution in [0.15, 0.2) is 58.6 Å². The SMILES string of the molecule is CCOc1cc(/C=C(/C#N)C(=O)Nc2cc(C)on2)ccc1OCc1ccccc1C. The molecule has 0 bridgehead atoms. The summed E-state index contributed by atoms with van der Waals surface area (Å²) in [7, 11) is 0. The van der Waals surface area contributed by atoms with Gasteiger partial charge in [0.2, 0.25) is 0 Å². The Labute approximate surface area is 180 Å². The number of hydrogen-bond acceptors (Lipinski definition) is 6. The highest BCUT2D eigenvalue weighted by Crippen LogP contribution is 2.30. The highest BCUT2D eigenvalue weighted by molar-refractivity contribution is 6.09. The van der Waals surface area contributed by atoms with Crippen molar-refractivity contribution in [2.24, 2.45) is 0 Å². The maximum atomic E-state index is 12.4. The zero-order valence-electron chi connectivity index (χ0n) is 17.6. The van der Waals surface area contributed by atoms with E-state index in [1.807, 2.05) is 44.2 Å². The molecule has 7 nitrogen and oxygen atoms in total. The van der Waals surface area contributed by atoms with Crippen LogP contribution in [-0.4, -0.2) is 17.7 Å². The summed E-state index contributed by atoms with van der Waals surface area (Å²) in [5.41, 5.74) is 2.79. The molecule has 0 unspecified atom stereocenters. The van der Waals surface area contributed by atoms with Crippen LogP contribution in [-0.2, 0) is 11.4 Å². The van der Waals surface area contributed by atoms with Crippen molar-refractivity contribution in [3.8, 4) is 17.6 Å². The summed E-state index contributed by atoms with van der Waals surface area (Å²) < 4.78 is 16.6. The van der Waals surface area contributed by atoms with Crippen molar-refractivity contribution in [3.63, 3.8) is 0 Å². The van der Waals surface area contributed by atoms with Crippen LogP contribution in [0.3, 0.4) is 0 Å². The largest absolute Gasteiger partial charge is 0.490 e. The number of aryl methyl sites for hydroxylation is 2. The number of rotatable bonds is 8. The first kappa shape index (κ1) is 21.7. The minimum absolute atomic E-state index is 0.0725. The van der Waals surface area contributed by atoms with E-state index in [0.717, 1.165) is 11.1 Å². The number of benzene rings is 2. The van der Waals surface area contributed by atoms with Gasteiger partial charge in [-0.05, 0) is 55.7 Å². The highest BCUT2D eigenvalue weighted by atomic mass is 16.5. The quantitative estimate of drug-likeness (QED) is 0.417. The number of aromatic nitrogens is 1. The van der Waals surface area contributed by atoms with Crippen LogP contribution >= 0.6 is 0 Å². The van der Waals surface area contributed by atoms with E-state index in [1.54, 1.807) is 31.2 Å². The average Bonchev–Trinajstić information content (AvgIpc) is 3.17. The molecule has 0 spiro atoms. The topological polar surface area (TPSA) is 97.4 Å². The lowest BCUT2D eigenvalue weighted by atomic mass is 10.1. The Morgan fingerprint density at radius 2 is 1.97 bits per heavy atom. The fourth-order valence-corrected chi connectivity index (χ4v) is 2.85. The first-order chi connectivity index (χ1) is 15.0. The van der Waals surface area contributed by atoms with Crippen LogP contribution < -0.4 is 14.8 Å². The maximum absolute atomic E-state index is 12.4. The Kier molecular flexibility index (Phi) is 7.07.